The Hall–Kier alpha value is -3.64. The number of benzene rings is 3. The van der Waals surface area contributed by atoms with E-state index in [2.05, 4.69) is 16.2 Å². The Balaban J connectivity index is 1.36. The second-order valence-corrected chi connectivity index (χ2v) is 9.68. The maximum atomic E-state index is 13.6. The van der Waals surface area contributed by atoms with Crippen LogP contribution in [-0.2, 0) is 0 Å². The third-order valence-electron chi connectivity index (χ3n) is 6.38. The number of carbonyl (C=O) groups is 1. The second kappa shape index (κ2) is 8.95. The molecule has 2 aliphatic rings. The van der Waals surface area contributed by atoms with E-state index in [9.17, 15) is 4.79 Å². The molecule has 1 aliphatic carbocycles. The van der Waals surface area contributed by atoms with Crippen molar-refractivity contribution in [3.05, 3.63) is 89.8 Å². The van der Waals surface area contributed by atoms with E-state index < -0.39 is 0 Å². The van der Waals surface area contributed by atoms with Crippen LogP contribution in [0.15, 0.2) is 87.1 Å². The summed E-state index contributed by atoms with van der Waals surface area (Å²) in [5.74, 6) is 1.08. The molecular formula is C28H23N3O2S. The number of carbonyl (C=O) groups excluding carboxylic acids is 1. The van der Waals surface area contributed by atoms with E-state index in [0.717, 1.165) is 45.0 Å². The average molecular weight is 466 g/mol. The zero-order chi connectivity index (χ0) is 22.9. The second-order valence-electron chi connectivity index (χ2n) is 8.59. The standard InChI is InChI=1S/C28H23N3O2S/c32-28-22-12-6-7-13-24(22)34-25-18-20(15-16-23(25)31(28)21-10-4-5-11-21)27-29-26(33-30-27)17-14-19-8-2-1-3-9-19/h1-3,6-9,12-18,21H,4-5,10-11H2/b17-14+. The maximum absolute atomic E-state index is 13.6. The molecule has 0 radical (unpaired) electrons. The number of nitrogens with zero attached hydrogens (tertiary/aromatic N) is 3. The number of fused-ring (bicyclic) bond motifs is 2. The lowest BCUT2D eigenvalue weighted by Crippen LogP contribution is -2.39. The summed E-state index contributed by atoms with van der Waals surface area (Å²) in [7, 11) is 0. The van der Waals surface area contributed by atoms with E-state index in [1.807, 2.05) is 83.8 Å². The third-order valence-corrected chi connectivity index (χ3v) is 7.51. The van der Waals surface area contributed by atoms with Crippen LogP contribution >= 0.6 is 11.8 Å². The SMILES string of the molecule is O=C1c2ccccc2Sc2cc(-c3noc(/C=C/c4ccccc4)n3)ccc2N1C1CCCC1. The Labute approximate surface area is 202 Å². The van der Waals surface area contributed by atoms with Gasteiger partial charge < -0.3 is 9.42 Å². The third kappa shape index (κ3) is 3.94. The summed E-state index contributed by atoms with van der Waals surface area (Å²) < 4.78 is 5.47. The Kier molecular flexibility index (Phi) is 5.51. The highest BCUT2D eigenvalue weighted by Crippen LogP contribution is 2.45. The van der Waals surface area contributed by atoms with Crippen LogP contribution in [0.3, 0.4) is 0 Å². The molecule has 0 spiro atoms. The highest BCUT2D eigenvalue weighted by atomic mass is 32.2. The molecule has 2 heterocycles. The fourth-order valence-corrected chi connectivity index (χ4v) is 5.81. The monoisotopic (exact) mass is 465 g/mol. The lowest BCUT2D eigenvalue weighted by molar-refractivity contribution is 0.0974. The molecule has 0 unspecified atom stereocenters. The molecule has 1 fully saturated rings. The van der Waals surface area contributed by atoms with E-state index in [1.165, 1.54) is 12.8 Å². The van der Waals surface area contributed by atoms with E-state index >= 15 is 0 Å². The van der Waals surface area contributed by atoms with Gasteiger partial charge in [-0.05, 0) is 54.8 Å². The van der Waals surface area contributed by atoms with Crippen molar-refractivity contribution in [1.29, 1.82) is 0 Å². The topological polar surface area (TPSA) is 59.2 Å². The first kappa shape index (κ1) is 20.9. The molecule has 1 amide bonds. The molecule has 34 heavy (non-hydrogen) atoms. The fraction of sp³-hybridized carbons (Fsp3) is 0.179. The van der Waals surface area contributed by atoms with Gasteiger partial charge in [0.05, 0.1) is 11.3 Å². The highest BCUT2D eigenvalue weighted by Gasteiger charge is 2.34. The van der Waals surface area contributed by atoms with Gasteiger partial charge in [-0.25, -0.2) is 0 Å². The lowest BCUT2D eigenvalue weighted by Gasteiger charge is -2.29. The summed E-state index contributed by atoms with van der Waals surface area (Å²) in [6.45, 7) is 0. The Bertz CT molecular complexity index is 1370. The van der Waals surface area contributed by atoms with Crippen LogP contribution in [-0.4, -0.2) is 22.1 Å². The Morgan fingerprint density at radius 2 is 1.71 bits per heavy atom. The first-order valence-corrected chi connectivity index (χ1v) is 12.4. The molecule has 1 aromatic heterocycles. The average Bonchev–Trinajstić information content (AvgIpc) is 3.55. The smallest absolute Gasteiger partial charge is 0.259 e. The van der Waals surface area contributed by atoms with Gasteiger partial charge in [0, 0.05) is 27.5 Å². The van der Waals surface area contributed by atoms with Gasteiger partial charge in [0.1, 0.15) is 0 Å². The number of amides is 1. The van der Waals surface area contributed by atoms with E-state index in [-0.39, 0.29) is 11.9 Å². The minimum atomic E-state index is 0.0920. The van der Waals surface area contributed by atoms with Crippen molar-refractivity contribution in [3.63, 3.8) is 0 Å². The molecule has 6 heteroatoms. The maximum Gasteiger partial charge on any atom is 0.259 e. The molecule has 0 atom stereocenters. The highest BCUT2D eigenvalue weighted by molar-refractivity contribution is 7.99. The number of rotatable bonds is 4. The molecule has 1 saturated carbocycles. The van der Waals surface area contributed by atoms with Gasteiger partial charge in [-0.1, -0.05) is 72.2 Å². The van der Waals surface area contributed by atoms with Crippen molar-refractivity contribution >= 4 is 35.5 Å². The molecule has 6 rings (SSSR count). The van der Waals surface area contributed by atoms with Crippen LogP contribution in [0, 0.1) is 0 Å². The van der Waals surface area contributed by atoms with Crippen LogP contribution in [0.4, 0.5) is 5.69 Å². The molecule has 0 bridgehead atoms. The fourth-order valence-electron chi connectivity index (χ4n) is 4.70. The summed E-state index contributed by atoms with van der Waals surface area (Å²) in [6, 6.07) is 24.2. The van der Waals surface area contributed by atoms with Gasteiger partial charge in [-0.15, -0.1) is 0 Å². The zero-order valence-electron chi connectivity index (χ0n) is 18.6. The van der Waals surface area contributed by atoms with Crippen molar-refractivity contribution in [2.24, 2.45) is 0 Å². The molecule has 0 N–H and O–H groups in total. The van der Waals surface area contributed by atoms with Crippen LogP contribution in [0.1, 0.15) is 47.5 Å². The van der Waals surface area contributed by atoms with Gasteiger partial charge in [0.15, 0.2) is 0 Å². The summed E-state index contributed by atoms with van der Waals surface area (Å²) in [4.78, 5) is 22.2. The van der Waals surface area contributed by atoms with Crippen LogP contribution in [0.5, 0.6) is 0 Å². The summed E-state index contributed by atoms with van der Waals surface area (Å²) >= 11 is 1.63. The number of anilines is 1. The van der Waals surface area contributed by atoms with Gasteiger partial charge in [-0.2, -0.15) is 4.98 Å². The molecule has 3 aromatic carbocycles. The van der Waals surface area contributed by atoms with E-state index in [0.29, 0.717) is 11.7 Å². The zero-order valence-corrected chi connectivity index (χ0v) is 19.4. The van der Waals surface area contributed by atoms with Crippen LogP contribution in [0.2, 0.25) is 0 Å². The largest absolute Gasteiger partial charge is 0.334 e. The van der Waals surface area contributed by atoms with Crippen molar-refractivity contribution in [2.45, 2.75) is 41.5 Å². The molecule has 4 aromatic rings. The Morgan fingerprint density at radius 1 is 0.912 bits per heavy atom. The van der Waals surface area contributed by atoms with Gasteiger partial charge in [0.25, 0.3) is 11.8 Å². The van der Waals surface area contributed by atoms with Crippen LogP contribution in [0.25, 0.3) is 23.5 Å². The number of hydrogen-bond acceptors (Lipinski definition) is 5. The quantitative estimate of drug-likeness (QED) is 0.326. The number of aromatic nitrogens is 2. The van der Waals surface area contributed by atoms with Crippen molar-refractivity contribution in [3.8, 4) is 11.4 Å². The van der Waals surface area contributed by atoms with Gasteiger partial charge in [0.2, 0.25) is 5.82 Å². The summed E-state index contributed by atoms with van der Waals surface area (Å²) in [5, 5.41) is 4.20. The first-order valence-electron chi connectivity index (χ1n) is 11.6. The molecule has 1 aliphatic heterocycles. The van der Waals surface area contributed by atoms with E-state index in [4.69, 9.17) is 4.52 Å². The van der Waals surface area contributed by atoms with Crippen molar-refractivity contribution in [2.75, 3.05) is 4.90 Å². The van der Waals surface area contributed by atoms with Crippen molar-refractivity contribution in [1.82, 2.24) is 10.1 Å². The molecule has 168 valence electrons. The molecule has 0 saturated heterocycles. The predicted octanol–water partition coefficient (Wildman–Crippen LogP) is 6.96. The molecular weight excluding hydrogens is 442 g/mol. The van der Waals surface area contributed by atoms with Crippen molar-refractivity contribution < 1.29 is 9.32 Å². The minimum absolute atomic E-state index is 0.0920. The van der Waals surface area contributed by atoms with Gasteiger partial charge >= 0.3 is 0 Å². The number of hydrogen-bond donors (Lipinski definition) is 0. The summed E-state index contributed by atoms with van der Waals surface area (Å²) in [6.07, 6.45) is 8.19. The minimum Gasteiger partial charge on any atom is -0.334 e. The predicted molar refractivity (Wildman–Crippen MR) is 135 cm³/mol. The Morgan fingerprint density at radius 3 is 2.56 bits per heavy atom. The van der Waals surface area contributed by atoms with Gasteiger partial charge in [-0.3, -0.25) is 4.79 Å². The summed E-state index contributed by atoms with van der Waals surface area (Å²) in [5.41, 5.74) is 3.67. The first-order chi connectivity index (χ1) is 16.8. The normalized spacial score (nSPS) is 16.0. The molecule has 5 nitrogen and oxygen atoms in total. The van der Waals surface area contributed by atoms with E-state index in [1.54, 1.807) is 11.8 Å². The van der Waals surface area contributed by atoms with Crippen LogP contribution < -0.4 is 4.90 Å². The lowest BCUT2D eigenvalue weighted by atomic mass is 10.1.